The molecule has 0 fully saturated rings. The Morgan fingerprint density at radius 2 is 0.767 bits per heavy atom. The molecule has 0 bridgehead atoms. The maximum absolute atomic E-state index is 7.15. The minimum absolute atomic E-state index is 0.375. The molecule has 2 unspecified atom stereocenters. The van der Waals surface area contributed by atoms with Crippen LogP contribution in [0.4, 0.5) is 0 Å². The summed E-state index contributed by atoms with van der Waals surface area (Å²) in [6, 6.07) is 115. The van der Waals surface area contributed by atoms with Gasteiger partial charge in [0, 0.05) is 130 Å². The average molecular weight is 1510 g/mol. The first kappa shape index (κ1) is 63.3. The monoisotopic (exact) mass is 1510 g/mol. The molecule has 0 radical (unpaired) electrons. The maximum Gasteiger partial charge on any atom is 0.178 e. The number of hydrogen-bond acceptors (Lipinski definition) is 12. The number of para-hydroxylation sites is 4. The topological polar surface area (TPSA) is 149 Å². The van der Waals surface area contributed by atoms with Gasteiger partial charge in [-0.25, -0.2) is 20.0 Å². The van der Waals surface area contributed by atoms with Crippen LogP contribution in [0.3, 0.4) is 0 Å². The molecule has 0 aliphatic carbocycles. The number of hydrogen-bond donors (Lipinski definition) is 2. The number of amidine groups is 4. The van der Waals surface area contributed by atoms with E-state index in [0.29, 0.717) is 34.3 Å². The van der Waals surface area contributed by atoms with E-state index < -0.39 is 6.17 Å². The van der Waals surface area contributed by atoms with Gasteiger partial charge in [0.25, 0.3) is 0 Å². The van der Waals surface area contributed by atoms with E-state index in [2.05, 4.69) is 311 Å². The summed E-state index contributed by atoms with van der Waals surface area (Å²) in [5, 5.41) is 24.3. The maximum atomic E-state index is 7.15. The molecule has 16 aromatic carbocycles. The summed E-state index contributed by atoms with van der Waals surface area (Å²) in [4.78, 5) is 21.5. The largest absolute Gasteiger partial charge is 0.456 e. The molecule has 24 aromatic rings. The lowest BCUT2D eigenvalue weighted by Crippen LogP contribution is -2.33. The number of nitrogens with one attached hydrogen (secondary N) is 2. The number of furan rings is 5. The number of benzene rings is 16. The molecule has 2 aliphatic heterocycles. The fourth-order valence-corrected chi connectivity index (χ4v) is 19.8. The predicted octanol–water partition coefficient (Wildman–Crippen LogP) is 26.4. The second kappa shape index (κ2) is 24.1. The van der Waals surface area contributed by atoms with E-state index in [-0.39, 0.29) is 6.17 Å². The van der Waals surface area contributed by atoms with E-state index >= 15 is 0 Å². The Balaban J connectivity index is 0.550. The Bertz CT molecular complexity index is 8520. The molecule has 13 nitrogen and oxygen atoms in total. The number of aromatic nitrogens is 2. The van der Waals surface area contributed by atoms with Gasteiger partial charge < -0.3 is 41.9 Å². The summed E-state index contributed by atoms with van der Waals surface area (Å²) in [7, 11) is 0. The molecule has 26 rings (SSSR count). The minimum Gasteiger partial charge on any atom is -0.456 e. The third-order valence-corrected chi connectivity index (χ3v) is 25.1. The van der Waals surface area contributed by atoms with Crippen LogP contribution >= 0.6 is 11.3 Å². The lowest BCUT2D eigenvalue weighted by molar-refractivity contribution is 0.632. The second-order valence-electron chi connectivity index (χ2n) is 30.3. The van der Waals surface area contributed by atoms with Crippen LogP contribution in [0.5, 0.6) is 0 Å². The van der Waals surface area contributed by atoms with Crippen molar-refractivity contribution in [3.8, 4) is 22.5 Å². The molecule has 0 spiro atoms. The van der Waals surface area contributed by atoms with E-state index in [1.54, 1.807) is 11.3 Å². The summed E-state index contributed by atoms with van der Waals surface area (Å²) in [5.41, 5.74) is 21.6. The number of thiophene rings is 1. The van der Waals surface area contributed by atoms with Gasteiger partial charge in [0.1, 0.15) is 68.7 Å². The van der Waals surface area contributed by atoms with E-state index in [1.165, 1.54) is 30.9 Å². The minimum atomic E-state index is -0.526. The third-order valence-electron chi connectivity index (χ3n) is 23.9. The molecule has 0 saturated carbocycles. The summed E-state index contributed by atoms with van der Waals surface area (Å²) in [6.07, 6.45) is -0.901. The molecule has 10 heterocycles. The molecule has 542 valence electrons. The quantitative estimate of drug-likeness (QED) is 0.146. The lowest BCUT2D eigenvalue weighted by Gasteiger charge is -2.24. The van der Waals surface area contributed by atoms with Crippen LogP contribution in [0, 0.1) is 0 Å². The lowest BCUT2D eigenvalue weighted by atomic mass is 9.97. The standard InChI is InChI=1S/C102H58N8O5S/c1-3-18-55(19-4-1)97-103-99(58-37-47-84-77(51-58)71-44-43-70-66-42-39-60(53-88(66)115-94(70)95(71)113-84)109-79-31-11-7-22-63(79)64-23-8-12-32-80(64)109)107-101(105-97)74-29-15-27-68-76-50-57(36-46-83(76)112-92(68)74)62-26-17-34-82-90(62)73-25-9-13-33-81(73)110(82)61-40-41-65-69-45-49-86-91(93(69)114-87(65)54-61)78-52-59(38-48-85(78)111-86)100-104-98(56-20-5-2-6-21-56)106-102(108-100)75-30-16-28-72-67-24-10-14-35-89(67)116-96(72)75/h1-54,98-99H,(H,103,105,107)(H,104,106,108). The Morgan fingerprint density at radius 1 is 0.267 bits per heavy atom. The number of aliphatic imine (C=N–C) groups is 4. The van der Waals surface area contributed by atoms with Crippen LogP contribution in [0.1, 0.15) is 45.7 Å². The highest BCUT2D eigenvalue weighted by atomic mass is 32.1. The molecular weight excluding hydrogens is 1450 g/mol. The van der Waals surface area contributed by atoms with Crippen molar-refractivity contribution < 1.29 is 22.1 Å². The molecule has 14 heteroatoms. The predicted molar refractivity (Wildman–Crippen MR) is 474 cm³/mol. The number of nitrogens with zero attached hydrogens (tertiary/aromatic N) is 6. The van der Waals surface area contributed by atoms with Gasteiger partial charge in [0.15, 0.2) is 22.8 Å². The van der Waals surface area contributed by atoms with Gasteiger partial charge >= 0.3 is 0 Å². The fraction of sp³-hybridized carbons (Fsp3) is 0.0196. The van der Waals surface area contributed by atoms with Gasteiger partial charge in [0.2, 0.25) is 0 Å². The van der Waals surface area contributed by atoms with Gasteiger partial charge in [-0.3, -0.25) is 0 Å². The van der Waals surface area contributed by atoms with Crippen LogP contribution in [0.2, 0.25) is 0 Å². The zero-order valence-electron chi connectivity index (χ0n) is 61.5. The first-order valence-electron chi connectivity index (χ1n) is 38.9. The highest BCUT2D eigenvalue weighted by Crippen LogP contribution is 2.47. The smallest absolute Gasteiger partial charge is 0.178 e. The van der Waals surface area contributed by atoms with Crippen molar-refractivity contribution in [1.29, 1.82) is 0 Å². The van der Waals surface area contributed by atoms with Crippen molar-refractivity contribution in [3.63, 3.8) is 0 Å². The zero-order chi connectivity index (χ0) is 75.5. The van der Waals surface area contributed by atoms with Gasteiger partial charge in [-0.2, -0.15) is 0 Å². The highest BCUT2D eigenvalue weighted by molar-refractivity contribution is 7.26. The van der Waals surface area contributed by atoms with Gasteiger partial charge in [-0.1, -0.05) is 182 Å². The normalized spacial score (nSPS) is 14.9. The molecule has 2 atom stereocenters. The summed E-state index contributed by atoms with van der Waals surface area (Å²) in [5.74, 6) is 2.66. The van der Waals surface area contributed by atoms with Crippen molar-refractivity contribution in [2.24, 2.45) is 20.0 Å². The molecular formula is C102H58N8O5S. The molecule has 2 aliphatic rings. The second-order valence-corrected chi connectivity index (χ2v) is 31.3. The van der Waals surface area contributed by atoms with Gasteiger partial charge in [-0.15, -0.1) is 11.3 Å². The van der Waals surface area contributed by atoms with Crippen LogP contribution in [-0.4, -0.2) is 32.5 Å². The van der Waals surface area contributed by atoms with Crippen LogP contribution in [-0.2, 0) is 0 Å². The summed E-state index contributed by atoms with van der Waals surface area (Å²) < 4.78 is 41.6. The van der Waals surface area contributed by atoms with Gasteiger partial charge in [0.05, 0.1) is 33.0 Å². The first-order valence-corrected chi connectivity index (χ1v) is 39.7. The van der Waals surface area contributed by atoms with Crippen LogP contribution in [0.25, 0.3) is 196 Å². The Morgan fingerprint density at radius 3 is 1.54 bits per heavy atom. The van der Waals surface area contributed by atoms with Gasteiger partial charge in [-0.05, 0) is 156 Å². The van der Waals surface area contributed by atoms with E-state index in [9.17, 15) is 0 Å². The van der Waals surface area contributed by atoms with Crippen LogP contribution < -0.4 is 10.6 Å². The SMILES string of the molecule is c1ccc(C2=NC(c3cccc4c3oc3ccc(-c5cccc6c5c5ccccc5n6-c5ccc6c(c5)oc5c6ccc6oc7ccc(C8=NC(c9ccccc9)NC(c9cccc%10c9sc9ccccc9%10)=N8)cc7c65)cc34)=NC(c3ccc4oc5c(ccc6c7ccc(-n8c9ccccc9c9ccccc98)cc7oc65)c4c3)N2)cc1. The number of rotatable bonds is 9. The molecule has 116 heavy (non-hydrogen) atoms. The molecule has 0 saturated heterocycles. The highest BCUT2D eigenvalue weighted by Gasteiger charge is 2.30. The number of fused-ring (bicyclic) bond motifs is 26. The first-order chi connectivity index (χ1) is 57.4. The van der Waals surface area contributed by atoms with E-state index in [0.717, 1.165) is 188 Å². The average Bonchev–Trinajstić information content (AvgIpc) is 1.56. The molecule has 0 amide bonds. The van der Waals surface area contributed by atoms with Crippen LogP contribution in [0.15, 0.2) is 370 Å². The zero-order valence-corrected chi connectivity index (χ0v) is 62.3. The summed E-state index contributed by atoms with van der Waals surface area (Å²) in [6.45, 7) is 0. The fourth-order valence-electron chi connectivity index (χ4n) is 18.6. The van der Waals surface area contributed by atoms with E-state index in [4.69, 9.17) is 42.1 Å². The van der Waals surface area contributed by atoms with Crippen molar-refractivity contribution in [3.05, 3.63) is 361 Å². The van der Waals surface area contributed by atoms with E-state index in [1.807, 2.05) is 36.4 Å². The van der Waals surface area contributed by atoms with Crippen molar-refractivity contribution in [2.75, 3.05) is 0 Å². The summed E-state index contributed by atoms with van der Waals surface area (Å²) >= 11 is 1.79. The Kier molecular flexibility index (Phi) is 13.1. The Labute approximate surface area is 661 Å². The van der Waals surface area contributed by atoms with Crippen molar-refractivity contribution >= 4 is 208 Å². The molecule has 2 N–H and O–H groups in total. The van der Waals surface area contributed by atoms with Crippen molar-refractivity contribution in [1.82, 2.24) is 19.8 Å². The Hall–Kier alpha value is -15.4. The molecule has 8 aromatic heterocycles. The van der Waals surface area contributed by atoms with Crippen molar-refractivity contribution in [2.45, 2.75) is 12.3 Å². The third kappa shape index (κ3) is 9.32.